The van der Waals surface area contributed by atoms with Crippen LogP contribution in [0.25, 0.3) is 0 Å². The lowest BCUT2D eigenvalue weighted by Gasteiger charge is -2.45. The molecule has 0 unspecified atom stereocenters. The second-order valence-corrected chi connectivity index (χ2v) is 7.23. The average Bonchev–Trinajstić information content (AvgIpc) is 2.65. The molecule has 18 heavy (non-hydrogen) atoms. The van der Waals surface area contributed by atoms with Crippen LogP contribution in [0.5, 0.6) is 0 Å². The molecule has 0 amide bonds. The number of nitrogens with one attached hydrogen (secondary N) is 1. The lowest BCUT2D eigenvalue weighted by Crippen LogP contribution is -2.44. The summed E-state index contributed by atoms with van der Waals surface area (Å²) in [5, 5.41) is 11.5. The van der Waals surface area contributed by atoms with E-state index in [-0.39, 0.29) is 0 Å². The molecular weight excluding hydrogens is 224 g/mol. The van der Waals surface area contributed by atoms with Crippen molar-refractivity contribution in [2.24, 2.45) is 10.8 Å². The summed E-state index contributed by atoms with van der Waals surface area (Å²) in [6.45, 7) is 11.4. The molecule has 4 heteroatoms. The number of aromatic nitrogens is 3. The Morgan fingerprint density at radius 1 is 1.22 bits per heavy atom. The summed E-state index contributed by atoms with van der Waals surface area (Å²) in [5.41, 5.74) is 0.902. The Labute approximate surface area is 110 Å². The summed E-state index contributed by atoms with van der Waals surface area (Å²) in [5.74, 6) is 0. The fraction of sp³-hybridized carbons (Fsp3) is 0.857. The molecule has 0 spiro atoms. The molecule has 0 aromatic carbocycles. The van der Waals surface area contributed by atoms with Crippen LogP contribution in [-0.4, -0.2) is 27.6 Å². The van der Waals surface area contributed by atoms with Gasteiger partial charge in [-0.3, -0.25) is 4.68 Å². The highest BCUT2D eigenvalue weighted by Crippen LogP contribution is 2.45. The zero-order valence-electron chi connectivity index (χ0n) is 12.1. The van der Waals surface area contributed by atoms with Gasteiger partial charge in [-0.15, -0.1) is 5.10 Å². The summed E-state index contributed by atoms with van der Waals surface area (Å²) in [6.07, 6.45) is 7.51. The third kappa shape index (κ3) is 3.80. The first-order valence-electron chi connectivity index (χ1n) is 6.94. The van der Waals surface area contributed by atoms with E-state index in [4.69, 9.17) is 0 Å². The number of hydrogen-bond donors (Lipinski definition) is 1. The predicted molar refractivity (Wildman–Crippen MR) is 73.2 cm³/mol. The van der Waals surface area contributed by atoms with Crippen LogP contribution in [0, 0.1) is 10.8 Å². The second kappa shape index (κ2) is 5.00. The molecule has 1 aliphatic carbocycles. The number of hydrogen-bond acceptors (Lipinski definition) is 3. The van der Waals surface area contributed by atoms with Gasteiger partial charge in [0.15, 0.2) is 0 Å². The van der Waals surface area contributed by atoms with Crippen LogP contribution in [0.1, 0.15) is 47.0 Å². The third-order valence-electron chi connectivity index (χ3n) is 3.80. The fourth-order valence-corrected chi connectivity index (χ4v) is 3.73. The van der Waals surface area contributed by atoms with E-state index < -0.39 is 0 Å². The molecule has 1 saturated carbocycles. The topological polar surface area (TPSA) is 42.7 Å². The molecule has 2 rings (SSSR count). The van der Waals surface area contributed by atoms with Gasteiger partial charge in [0, 0.05) is 18.8 Å². The van der Waals surface area contributed by atoms with Gasteiger partial charge >= 0.3 is 0 Å². The number of rotatable bonds is 4. The molecule has 1 fully saturated rings. The van der Waals surface area contributed by atoms with E-state index in [1.807, 2.05) is 10.9 Å². The van der Waals surface area contributed by atoms with Crippen molar-refractivity contribution in [1.29, 1.82) is 0 Å². The van der Waals surface area contributed by atoms with Crippen LogP contribution < -0.4 is 5.32 Å². The van der Waals surface area contributed by atoms with E-state index in [9.17, 15) is 0 Å². The van der Waals surface area contributed by atoms with Crippen molar-refractivity contribution in [3.05, 3.63) is 12.4 Å². The van der Waals surface area contributed by atoms with Crippen molar-refractivity contribution in [2.75, 3.05) is 6.54 Å². The third-order valence-corrected chi connectivity index (χ3v) is 3.80. The SMILES string of the molecule is CC1(C)CC(NCCn2ccnn2)CC(C)(C)C1. The van der Waals surface area contributed by atoms with Gasteiger partial charge in [-0.05, 0) is 30.1 Å². The van der Waals surface area contributed by atoms with Crippen LogP contribution in [0.4, 0.5) is 0 Å². The Morgan fingerprint density at radius 3 is 2.44 bits per heavy atom. The van der Waals surface area contributed by atoms with Crippen LogP contribution in [0.3, 0.4) is 0 Å². The van der Waals surface area contributed by atoms with Crippen molar-refractivity contribution < 1.29 is 0 Å². The largest absolute Gasteiger partial charge is 0.312 e. The van der Waals surface area contributed by atoms with Crippen LogP contribution in [-0.2, 0) is 6.54 Å². The maximum atomic E-state index is 3.98. The van der Waals surface area contributed by atoms with Gasteiger partial charge in [0.05, 0.1) is 12.7 Å². The highest BCUT2D eigenvalue weighted by Gasteiger charge is 2.37. The normalized spacial score (nSPS) is 23.1. The van der Waals surface area contributed by atoms with Gasteiger partial charge < -0.3 is 5.32 Å². The molecular formula is C14H26N4. The van der Waals surface area contributed by atoms with Gasteiger partial charge in [0.1, 0.15) is 0 Å². The molecule has 0 bridgehead atoms. The van der Waals surface area contributed by atoms with E-state index in [0.29, 0.717) is 16.9 Å². The summed E-state index contributed by atoms with van der Waals surface area (Å²) in [7, 11) is 0. The van der Waals surface area contributed by atoms with E-state index >= 15 is 0 Å². The predicted octanol–water partition coefficient (Wildman–Crippen LogP) is 2.47. The zero-order valence-corrected chi connectivity index (χ0v) is 12.1. The summed E-state index contributed by atoms with van der Waals surface area (Å²) < 4.78 is 1.88. The van der Waals surface area contributed by atoms with Crippen LogP contribution >= 0.6 is 0 Å². The smallest absolute Gasteiger partial charge is 0.0692 e. The lowest BCUT2D eigenvalue weighted by molar-refractivity contribution is 0.0847. The van der Waals surface area contributed by atoms with E-state index in [2.05, 4.69) is 43.3 Å². The monoisotopic (exact) mass is 250 g/mol. The standard InChI is InChI=1S/C14H26N4/c1-13(2)9-12(10-14(3,4)11-13)15-5-7-18-8-6-16-17-18/h6,8,12,15H,5,7,9-11H2,1-4H3. The Hall–Kier alpha value is -0.900. The minimum Gasteiger partial charge on any atom is -0.312 e. The Bertz CT molecular complexity index is 351. The second-order valence-electron chi connectivity index (χ2n) is 7.23. The molecule has 0 aliphatic heterocycles. The highest BCUT2D eigenvalue weighted by atomic mass is 15.4. The van der Waals surface area contributed by atoms with Crippen molar-refractivity contribution in [1.82, 2.24) is 20.3 Å². The maximum Gasteiger partial charge on any atom is 0.0692 e. The van der Waals surface area contributed by atoms with Gasteiger partial charge in [-0.1, -0.05) is 32.9 Å². The number of nitrogens with zero attached hydrogens (tertiary/aromatic N) is 3. The van der Waals surface area contributed by atoms with Crippen molar-refractivity contribution >= 4 is 0 Å². The molecule has 1 aliphatic rings. The molecule has 0 saturated heterocycles. The molecule has 0 atom stereocenters. The average molecular weight is 250 g/mol. The quantitative estimate of drug-likeness (QED) is 0.892. The molecule has 102 valence electrons. The lowest BCUT2D eigenvalue weighted by atomic mass is 9.63. The molecule has 1 aromatic heterocycles. The summed E-state index contributed by atoms with van der Waals surface area (Å²) in [4.78, 5) is 0. The highest BCUT2D eigenvalue weighted by molar-refractivity contribution is 4.92. The van der Waals surface area contributed by atoms with Crippen molar-refractivity contribution in [2.45, 2.75) is 59.5 Å². The summed E-state index contributed by atoms with van der Waals surface area (Å²) in [6, 6.07) is 0.632. The van der Waals surface area contributed by atoms with E-state index in [1.165, 1.54) is 19.3 Å². The van der Waals surface area contributed by atoms with Crippen LogP contribution in [0.15, 0.2) is 12.4 Å². The molecule has 1 heterocycles. The first kappa shape index (κ1) is 13.5. The zero-order chi connectivity index (χ0) is 13.2. The van der Waals surface area contributed by atoms with Gasteiger partial charge in [0.2, 0.25) is 0 Å². The minimum absolute atomic E-state index is 0.451. The van der Waals surface area contributed by atoms with Gasteiger partial charge in [0.25, 0.3) is 0 Å². The summed E-state index contributed by atoms with van der Waals surface area (Å²) >= 11 is 0. The van der Waals surface area contributed by atoms with Crippen molar-refractivity contribution in [3.8, 4) is 0 Å². The minimum atomic E-state index is 0.451. The van der Waals surface area contributed by atoms with Gasteiger partial charge in [-0.25, -0.2) is 0 Å². The van der Waals surface area contributed by atoms with Crippen molar-refractivity contribution in [3.63, 3.8) is 0 Å². The maximum absolute atomic E-state index is 3.98. The van der Waals surface area contributed by atoms with Gasteiger partial charge in [-0.2, -0.15) is 0 Å². The Kier molecular flexibility index (Phi) is 3.76. The fourth-order valence-electron chi connectivity index (χ4n) is 3.73. The Balaban J connectivity index is 1.82. The molecule has 0 radical (unpaired) electrons. The first-order chi connectivity index (χ1) is 8.36. The molecule has 1 N–H and O–H groups in total. The first-order valence-corrected chi connectivity index (χ1v) is 6.94. The molecule has 1 aromatic rings. The van der Waals surface area contributed by atoms with E-state index in [1.54, 1.807) is 6.20 Å². The molecule has 4 nitrogen and oxygen atoms in total. The van der Waals surface area contributed by atoms with Crippen LogP contribution in [0.2, 0.25) is 0 Å². The van der Waals surface area contributed by atoms with E-state index in [0.717, 1.165) is 13.1 Å². The Morgan fingerprint density at radius 2 is 1.89 bits per heavy atom.